The van der Waals surface area contributed by atoms with Crippen molar-refractivity contribution in [2.75, 3.05) is 7.11 Å². The highest BCUT2D eigenvalue weighted by atomic mass is 16.5. The third-order valence-corrected chi connectivity index (χ3v) is 13.2. The number of esters is 1. The number of carbonyl (C=O) groups is 2. The topological polar surface area (TPSA) is 83.8 Å². The number of rotatable bonds is 2. The average molecular weight is 501 g/mol. The molecular weight excluding hydrogens is 452 g/mol. The van der Waals surface area contributed by atoms with Crippen molar-refractivity contribution in [3.05, 3.63) is 11.6 Å². The molecule has 5 nitrogen and oxygen atoms in total. The first kappa shape index (κ1) is 26.4. The van der Waals surface area contributed by atoms with Gasteiger partial charge < -0.3 is 19.7 Å². The summed E-state index contributed by atoms with van der Waals surface area (Å²) in [5.74, 6) is 0.251. The molecule has 10 atom stereocenters. The maximum Gasteiger partial charge on any atom is 0.315 e. The van der Waals surface area contributed by atoms with Crippen LogP contribution in [0.2, 0.25) is 0 Å². The minimum atomic E-state index is -0.856. The lowest BCUT2D eigenvalue weighted by molar-refractivity contribution is -0.218. The van der Waals surface area contributed by atoms with E-state index in [1.54, 1.807) is 0 Å². The van der Waals surface area contributed by atoms with Gasteiger partial charge in [-0.05, 0) is 97.2 Å². The monoisotopic (exact) mass is 500 g/mol. The van der Waals surface area contributed by atoms with Crippen LogP contribution in [0.15, 0.2) is 11.6 Å². The van der Waals surface area contributed by atoms with Crippen LogP contribution in [0.25, 0.3) is 0 Å². The SMILES string of the molecule is COC(=O)[C@]12CCC(C)(C)C[C@H]1C1=CC[C@H]3[C@@]4(C)CC[C@H](O)[C@@](C)(C=O)[C@H]4CC[C@@]3(C)[C@]1(C)C[C@@H]2O. The maximum atomic E-state index is 13.4. The van der Waals surface area contributed by atoms with E-state index in [0.717, 1.165) is 44.8 Å². The van der Waals surface area contributed by atoms with Gasteiger partial charge in [-0.15, -0.1) is 0 Å². The van der Waals surface area contributed by atoms with Crippen molar-refractivity contribution in [2.45, 2.75) is 112 Å². The van der Waals surface area contributed by atoms with Crippen molar-refractivity contribution in [3.63, 3.8) is 0 Å². The zero-order valence-electron chi connectivity index (χ0n) is 23.5. The minimum absolute atomic E-state index is 0.0147. The third kappa shape index (κ3) is 3.02. The predicted molar refractivity (Wildman–Crippen MR) is 139 cm³/mol. The normalized spacial score (nSPS) is 53.6. The number of aliphatic hydroxyl groups excluding tert-OH is 2. The van der Waals surface area contributed by atoms with Crippen LogP contribution in [-0.2, 0) is 14.3 Å². The summed E-state index contributed by atoms with van der Waals surface area (Å²) in [6, 6.07) is 0. The van der Waals surface area contributed by atoms with Crippen molar-refractivity contribution < 1.29 is 24.5 Å². The summed E-state index contributed by atoms with van der Waals surface area (Å²) in [5, 5.41) is 22.8. The Morgan fingerprint density at radius 1 is 0.944 bits per heavy atom. The Hall–Kier alpha value is -1.20. The van der Waals surface area contributed by atoms with Gasteiger partial charge in [-0.3, -0.25) is 4.79 Å². The van der Waals surface area contributed by atoms with E-state index in [0.29, 0.717) is 25.2 Å². The van der Waals surface area contributed by atoms with Crippen LogP contribution < -0.4 is 0 Å². The molecular formula is C31H48O5. The highest BCUT2D eigenvalue weighted by molar-refractivity contribution is 5.79. The third-order valence-electron chi connectivity index (χ3n) is 13.2. The number of aliphatic hydroxyl groups is 2. The van der Waals surface area contributed by atoms with Crippen molar-refractivity contribution in [3.8, 4) is 0 Å². The summed E-state index contributed by atoms with van der Waals surface area (Å²) in [4.78, 5) is 25.8. The average Bonchev–Trinajstić information content (AvgIpc) is 2.81. The van der Waals surface area contributed by atoms with Crippen LogP contribution in [0.3, 0.4) is 0 Å². The van der Waals surface area contributed by atoms with Gasteiger partial charge in [0, 0.05) is 0 Å². The van der Waals surface area contributed by atoms with Gasteiger partial charge in [0.25, 0.3) is 0 Å². The molecule has 0 aliphatic heterocycles. The lowest BCUT2D eigenvalue weighted by Crippen LogP contribution is -2.68. The smallest absolute Gasteiger partial charge is 0.315 e. The molecule has 0 bridgehead atoms. The fourth-order valence-corrected chi connectivity index (χ4v) is 10.8. The number of fused-ring (bicyclic) bond motifs is 7. The zero-order valence-corrected chi connectivity index (χ0v) is 23.5. The van der Waals surface area contributed by atoms with Crippen LogP contribution in [0, 0.1) is 50.2 Å². The Morgan fingerprint density at radius 2 is 1.64 bits per heavy atom. The molecule has 4 saturated carbocycles. The highest BCUT2D eigenvalue weighted by Gasteiger charge is 2.71. The molecule has 202 valence electrons. The van der Waals surface area contributed by atoms with Gasteiger partial charge in [0.15, 0.2) is 0 Å². The van der Waals surface area contributed by atoms with Gasteiger partial charge in [0.05, 0.1) is 24.7 Å². The summed E-state index contributed by atoms with van der Waals surface area (Å²) < 4.78 is 5.38. The first-order valence-corrected chi connectivity index (χ1v) is 14.3. The van der Waals surface area contributed by atoms with Crippen molar-refractivity contribution >= 4 is 12.3 Å². The molecule has 0 aromatic carbocycles. The number of carbonyl (C=O) groups excluding carboxylic acids is 2. The number of allylic oxidation sites excluding steroid dienone is 2. The summed E-state index contributed by atoms with van der Waals surface area (Å²) in [6.45, 7) is 13.7. The van der Waals surface area contributed by atoms with E-state index in [1.807, 2.05) is 6.92 Å². The number of hydrogen-bond acceptors (Lipinski definition) is 5. The Kier molecular flexibility index (Phi) is 5.80. The molecule has 5 aliphatic rings. The molecule has 0 unspecified atom stereocenters. The standard InChI is InChI=1S/C31H48O5/c1-26(2)14-15-31(25(35)36-7)20(16-26)19-8-9-22-27(3)12-11-23(33)28(4,18-32)21(27)10-13-29(22,5)30(19,6)17-24(31)34/h8,18,20-24,33-34H,9-17H2,1-7H3/t20-,21-,22-,23-,24-,27-,28-,29+,30+,31+/m0/s1. The number of methoxy groups -OCH3 is 1. The van der Waals surface area contributed by atoms with Gasteiger partial charge in [-0.2, -0.15) is 0 Å². The molecule has 5 heteroatoms. The first-order valence-electron chi connectivity index (χ1n) is 14.3. The highest BCUT2D eigenvalue weighted by Crippen LogP contribution is 2.75. The van der Waals surface area contributed by atoms with E-state index in [-0.39, 0.29) is 39.5 Å². The quantitative estimate of drug-likeness (QED) is 0.298. The summed E-state index contributed by atoms with van der Waals surface area (Å²) in [7, 11) is 1.46. The zero-order chi connectivity index (χ0) is 26.5. The van der Waals surface area contributed by atoms with E-state index in [2.05, 4.69) is 40.7 Å². The predicted octanol–water partition coefficient (Wildman–Crippen LogP) is 5.47. The van der Waals surface area contributed by atoms with Crippen molar-refractivity contribution in [2.24, 2.45) is 50.2 Å². The largest absolute Gasteiger partial charge is 0.468 e. The van der Waals surface area contributed by atoms with Crippen LogP contribution in [0.4, 0.5) is 0 Å². The van der Waals surface area contributed by atoms with E-state index in [1.165, 1.54) is 12.7 Å². The van der Waals surface area contributed by atoms with E-state index < -0.39 is 23.0 Å². The van der Waals surface area contributed by atoms with Crippen LogP contribution >= 0.6 is 0 Å². The molecule has 5 aliphatic carbocycles. The second kappa shape index (κ2) is 7.91. The summed E-state index contributed by atoms with van der Waals surface area (Å²) in [6.07, 6.45) is 9.60. The van der Waals surface area contributed by atoms with E-state index in [4.69, 9.17) is 4.74 Å². The second-order valence-corrected chi connectivity index (χ2v) is 15.0. The number of ether oxygens (including phenoxy) is 1. The Morgan fingerprint density at radius 3 is 2.28 bits per heavy atom. The van der Waals surface area contributed by atoms with Crippen LogP contribution in [0.1, 0.15) is 99.3 Å². The summed E-state index contributed by atoms with van der Waals surface area (Å²) >= 11 is 0. The van der Waals surface area contributed by atoms with Gasteiger partial charge in [0.1, 0.15) is 11.7 Å². The number of aldehydes is 1. The van der Waals surface area contributed by atoms with Crippen molar-refractivity contribution in [1.29, 1.82) is 0 Å². The second-order valence-electron chi connectivity index (χ2n) is 15.0. The van der Waals surface area contributed by atoms with Gasteiger partial charge >= 0.3 is 5.97 Å². The minimum Gasteiger partial charge on any atom is -0.468 e. The molecule has 4 fully saturated rings. The van der Waals surface area contributed by atoms with E-state index in [9.17, 15) is 19.8 Å². The fraction of sp³-hybridized carbons (Fsp3) is 0.871. The molecule has 36 heavy (non-hydrogen) atoms. The number of hydrogen-bond donors (Lipinski definition) is 2. The molecule has 0 aromatic rings. The molecule has 0 saturated heterocycles. The van der Waals surface area contributed by atoms with Crippen molar-refractivity contribution in [1.82, 2.24) is 0 Å². The lowest BCUT2D eigenvalue weighted by Gasteiger charge is -2.71. The Labute approximate surface area is 217 Å². The molecule has 2 N–H and O–H groups in total. The Balaban J connectivity index is 1.63. The van der Waals surface area contributed by atoms with Gasteiger partial charge in [0.2, 0.25) is 0 Å². The molecule has 0 heterocycles. The first-order chi connectivity index (χ1) is 16.7. The molecule has 0 amide bonds. The lowest BCUT2D eigenvalue weighted by atomic mass is 9.33. The maximum absolute atomic E-state index is 13.4. The van der Waals surface area contributed by atoms with Gasteiger partial charge in [-0.1, -0.05) is 53.2 Å². The Bertz CT molecular complexity index is 985. The van der Waals surface area contributed by atoms with Gasteiger partial charge in [-0.25, -0.2) is 0 Å². The van der Waals surface area contributed by atoms with Crippen LogP contribution in [0.5, 0.6) is 0 Å². The molecule has 0 spiro atoms. The molecule has 0 aromatic heterocycles. The molecule has 0 radical (unpaired) electrons. The molecule has 5 rings (SSSR count). The summed E-state index contributed by atoms with van der Waals surface area (Å²) in [5.41, 5.74) is -0.426. The fourth-order valence-electron chi connectivity index (χ4n) is 10.8. The van der Waals surface area contributed by atoms with E-state index >= 15 is 0 Å². The van der Waals surface area contributed by atoms with Crippen LogP contribution in [-0.4, -0.2) is 41.8 Å².